The molecule has 0 bridgehead atoms. The molecular weight excluding hydrogens is 348 g/mol. The molecule has 0 saturated heterocycles. The predicted molar refractivity (Wildman–Crippen MR) is 96.4 cm³/mol. The summed E-state index contributed by atoms with van der Waals surface area (Å²) in [5.41, 5.74) is 1.01. The van der Waals surface area contributed by atoms with Gasteiger partial charge in [0.1, 0.15) is 5.69 Å². The van der Waals surface area contributed by atoms with Gasteiger partial charge in [-0.1, -0.05) is 0 Å². The number of hydrogen-bond donors (Lipinski definition) is 3. The Morgan fingerprint density at radius 2 is 2.19 bits per heavy atom. The Morgan fingerprint density at radius 3 is 2.85 bits per heavy atom. The standard InChI is InChI=1S/C18H24N6O3/c1-2-24-8-5-15(23-24)18(27)22-14-4-3-12(9-16(14)25)17(26)21-11-13-10-19-6-7-20-13/h5-8,10,12,14,16,25H,2-4,9,11H2,1H3,(H,21,26)(H,22,27)/t12-,14-,16-/m0/s1. The Labute approximate surface area is 157 Å². The highest BCUT2D eigenvalue weighted by molar-refractivity contribution is 5.92. The number of aliphatic hydroxyl groups excluding tert-OH is 1. The number of aliphatic hydroxyl groups is 1. The van der Waals surface area contributed by atoms with Gasteiger partial charge < -0.3 is 15.7 Å². The van der Waals surface area contributed by atoms with Crippen molar-refractivity contribution in [2.24, 2.45) is 5.92 Å². The first kappa shape index (κ1) is 19.0. The first-order chi connectivity index (χ1) is 13.1. The van der Waals surface area contributed by atoms with Gasteiger partial charge in [0.25, 0.3) is 5.91 Å². The van der Waals surface area contributed by atoms with Crippen LogP contribution in [0.25, 0.3) is 0 Å². The third-order valence-corrected chi connectivity index (χ3v) is 4.76. The molecule has 9 heteroatoms. The lowest BCUT2D eigenvalue weighted by atomic mass is 9.83. The van der Waals surface area contributed by atoms with Crippen molar-refractivity contribution in [1.29, 1.82) is 0 Å². The van der Waals surface area contributed by atoms with Gasteiger partial charge in [-0.05, 0) is 32.3 Å². The predicted octanol–water partition coefficient (Wildman–Crippen LogP) is 0.269. The summed E-state index contributed by atoms with van der Waals surface area (Å²) < 4.78 is 1.67. The molecule has 1 aliphatic rings. The molecule has 3 N–H and O–H groups in total. The lowest BCUT2D eigenvalue weighted by Crippen LogP contribution is -2.49. The van der Waals surface area contributed by atoms with E-state index in [4.69, 9.17) is 0 Å². The van der Waals surface area contributed by atoms with Crippen molar-refractivity contribution in [2.75, 3.05) is 0 Å². The molecule has 2 aromatic rings. The number of amides is 2. The monoisotopic (exact) mass is 372 g/mol. The van der Waals surface area contributed by atoms with Gasteiger partial charge in [-0.25, -0.2) is 0 Å². The van der Waals surface area contributed by atoms with Crippen LogP contribution in [0.5, 0.6) is 0 Å². The van der Waals surface area contributed by atoms with E-state index in [0.717, 1.165) is 0 Å². The highest BCUT2D eigenvalue weighted by Crippen LogP contribution is 2.25. The Bertz CT molecular complexity index is 778. The van der Waals surface area contributed by atoms with E-state index >= 15 is 0 Å². The van der Waals surface area contributed by atoms with Gasteiger partial charge in [0.05, 0.1) is 30.6 Å². The van der Waals surface area contributed by atoms with E-state index in [2.05, 4.69) is 25.7 Å². The van der Waals surface area contributed by atoms with Crippen molar-refractivity contribution in [3.05, 3.63) is 42.2 Å². The second kappa shape index (κ2) is 8.72. The van der Waals surface area contributed by atoms with Crippen LogP contribution in [-0.4, -0.2) is 48.8 Å². The van der Waals surface area contributed by atoms with Crippen molar-refractivity contribution in [2.45, 2.75) is 51.4 Å². The number of hydrogen-bond acceptors (Lipinski definition) is 6. The van der Waals surface area contributed by atoms with Crippen molar-refractivity contribution >= 4 is 11.8 Å². The maximum atomic E-state index is 12.3. The van der Waals surface area contributed by atoms with E-state index in [1.54, 1.807) is 35.5 Å². The lowest BCUT2D eigenvalue weighted by Gasteiger charge is -2.32. The van der Waals surface area contributed by atoms with E-state index in [9.17, 15) is 14.7 Å². The molecule has 9 nitrogen and oxygen atoms in total. The molecule has 0 spiro atoms. The van der Waals surface area contributed by atoms with Crippen LogP contribution in [0.2, 0.25) is 0 Å². The largest absolute Gasteiger partial charge is 0.391 e. The van der Waals surface area contributed by atoms with Gasteiger partial charge in [0.15, 0.2) is 0 Å². The molecule has 2 amide bonds. The molecule has 3 rings (SSSR count). The summed E-state index contributed by atoms with van der Waals surface area (Å²) in [4.78, 5) is 32.7. The third-order valence-electron chi connectivity index (χ3n) is 4.76. The molecule has 1 fully saturated rings. The number of rotatable bonds is 6. The fourth-order valence-corrected chi connectivity index (χ4v) is 3.20. The summed E-state index contributed by atoms with van der Waals surface area (Å²) in [6.45, 7) is 2.93. The van der Waals surface area contributed by atoms with E-state index in [1.807, 2.05) is 6.92 Å². The molecule has 3 atom stereocenters. The second-order valence-electron chi connectivity index (χ2n) is 6.63. The molecular formula is C18H24N6O3. The second-order valence-corrected chi connectivity index (χ2v) is 6.63. The van der Waals surface area contributed by atoms with Crippen molar-refractivity contribution in [1.82, 2.24) is 30.4 Å². The zero-order valence-corrected chi connectivity index (χ0v) is 15.2. The lowest BCUT2D eigenvalue weighted by molar-refractivity contribution is -0.127. The number of carbonyl (C=O) groups is 2. The SMILES string of the molecule is CCn1ccc(C(=O)N[C@H]2CC[C@H](C(=O)NCc3cnccn3)C[C@@H]2O)n1. The highest BCUT2D eigenvalue weighted by atomic mass is 16.3. The highest BCUT2D eigenvalue weighted by Gasteiger charge is 2.34. The van der Waals surface area contributed by atoms with Crippen LogP contribution in [0, 0.1) is 5.92 Å². The summed E-state index contributed by atoms with van der Waals surface area (Å²) >= 11 is 0. The number of aryl methyl sites for hydroxylation is 1. The first-order valence-corrected chi connectivity index (χ1v) is 9.11. The number of carbonyl (C=O) groups excluding carboxylic acids is 2. The summed E-state index contributed by atoms with van der Waals surface area (Å²) in [5.74, 6) is -0.716. The van der Waals surface area contributed by atoms with Crippen LogP contribution >= 0.6 is 0 Å². The Hall–Kier alpha value is -2.81. The van der Waals surface area contributed by atoms with Gasteiger partial charge in [-0.3, -0.25) is 24.2 Å². The minimum absolute atomic E-state index is 0.119. The summed E-state index contributed by atoms with van der Waals surface area (Å²) in [7, 11) is 0. The molecule has 144 valence electrons. The normalized spacial score (nSPS) is 22.2. The number of nitrogens with zero attached hydrogens (tertiary/aromatic N) is 4. The fraction of sp³-hybridized carbons (Fsp3) is 0.500. The number of nitrogens with one attached hydrogen (secondary N) is 2. The van der Waals surface area contributed by atoms with Crippen molar-refractivity contribution < 1.29 is 14.7 Å². The van der Waals surface area contributed by atoms with Crippen molar-refractivity contribution in [3.63, 3.8) is 0 Å². The molecule has 0 aliphatic heterocycles. The van der Waals surface area contributed by atoms with E-state index in [-0.39, 0.29) is 23.8 Å². The van der Waals surface area contributed by atoms with Gasteiger partial charge >= 0.3 is 0 Å². The van der Waals surface area contributed by atoms with Gasteiger partial charge in [0, 0.05) is 31.1 Å². The Balaban J connectivity index is 1.48. The smallest absolute Gasteiger partial charge is 0.272 e. The van der Waals surface area contributed by atoms with Crippen molar-refractivity contribution in [3.8, 4) is 0 Å². The topological polar surface area (TPSA) is 122 Å². The minimum atomic E-state index is -0.775. The molecule has 1 aliphatic carbocycles. The Morgan fingerprint density at radius 1 is 1.33 bits per heavy atom. The van der Waals surface area contributed by atoms with E-state index in [1.165, 1.54) is 0 Å². The maximum Gasteiger partial charge on any atom is 0.272 e. The third kappa shape index (κ3) is 4.88. The molecule has 2 heterocycles. The molecule has 0 unspecified atom stereocenters. The van der Waals surface area contributed by atoms with Crippen LogP contribution < -0.4 is 10.6 Å². The average Bonchev–Trinajstić information content (AvgIpc) is 3.18. The van der Waals surface area contributed by atoms with Gasteiger partial charge in [-0.15, -0.1) is 0 Å². The summed E-state index contributed by atoms with van der Waals surface area (Å²) in [6, 6.07) is 1.27. The fourth-order valence-electron chi connectivity index (χ4n) is 3.20. The quantitative estimate of drug-likeness (QED) is 0.669. The van der Waals surface area contributed by atoms with Crippen LogP contribution in [0.15, 0.2) is 30.9 Å². The van der Waals surface area contributed by atoms with Crippen LogP contribution in [0.4, 0.5) is 0 Å². The van der Waals surface area contributed by atoms with Gasteiger partial charge in [-0.2, -0.15) is 5.10 Å². The molecule has 0 radical (unpaired) electrons. The molecule has 2 aromatic heterocycles. The van der Waals surface area contributed by atoms with E-state index < -0.39 is 6.10 Å². The number of aromatic nitrogens is 4. The molecule has 27 heavy (non-hydrogen) atoms. The molecule has 1 saturated carbocycles. The summed E-state index contributed by atoms with van der Waals surface area (Å²) in [5, 5.41) is 20.2. The molecule has 0 aromatic carbocycles. The maximum absolute atomic E-state index is 12.3. The van der Waals surface area contributed by atoms with Gasteiger partial charge in [0.2, 0.25) is 5.91 Å². The zero-order chi connectivity index (χ0) is 19.2. The van der Waals surface area contributed by atoms with Crippen LogP contribution in [0.1, 0.15) is 42.4 Å². The Kier molecular flexibility index (Phi) is 6.12. The van der Waals surface area contributed by atoms with Crippen LogP contribution in [-0.2, 0) is 17.9 Å². The van der Waals surface area contributed by atoms with Crippen LogP contribution in [0.3, 0.4) is 0 Å². The summed E-state index contributed by atoms with van der Waals surface area (Å²) in [6.07, 6.45) is 7.14. The average molecular weight is 372 g/mol. The minimum Gasteiger partial charge on any atom is -0.391 e. The first-order valence-electron chi connectivity index (χ1n) is 9.11. The van der Waals surface area contributed by atoms with E-state index in [0.29, 0.717) is 43.7 Å². The zero-order valence-electron chi connectivity index (χ0n) is 15.2.